The van der Waals surface area contributed by atoms with Crippen molar-refractivity contribution in [3.05, 3.63) is 83.7 Å². The number of halogens is 1. The maximum Gasteiger partial charge on any atom is 0.231 e. The Balaban J connectivity index is 1.67. The normalized spacial score (nSPS) is 11.5. The number of benzene rings is 2. The predicted octanol–water partition coefficient (Wildman–Crippen LogP) is 6.42. The molecule has 0 unspecified atom stereocenters. The molecule has 0 radical (unpaired) electrons. The van der Waals surface area contributed by atoms with Crippen LogP contribution in [0.3, 0.4) is 0 Å². The van der Waals surface area contributed by atoms with Crippen molar-refractivity contribution in [3.8, 4) is 22.6 Å². The molecule has 0 amide bonds. The van der Waals surface area contributed by atoms with Crippen molar-refractivity contribution in [2.24, 2.45) is 0 Å². The number of fused-ring (bicyclic) bond motifs is 4. The summed E-state index contributed by atoms with van der Waals surface area (Å²) in [6, 6.07) is 21.8. The highest BCUT2D eigenvalue weighted by Gasteiger charge is 2.18. The van der Waals surface area contributed by atoms with E-state index in [1.807, 2.05) is 66.7 Å². The predicted molar refractivity (Wildman–Crippen MR) is 121 cm³/mol. The maximum atomic E-state index is 6.09. The SMILES string of the molecule is Brc1ccc(-c2nc(-c3ccc4cccnc4c3)nc3oc4ccccc4c23)cn1. The van der Waals surface area contributed by atoms with Crippen LogP contribution in [-0.4, -0.2) is 19.9 Å². The van der Waals surface area contributed by atoms with Crippen LogP contribution < -0.4 is 0 Å². The highest BCUT2D eigenvalue weighted by Crippen LogP contribution is 2.36. The van der Waals surface area contributed by atoms with Crippen molar-refractivity contribution in [2.75, 3.05) is 0 Å². The van der Waals surface area contributed by atoms with Crippen molar-refractivity contribution in [1.29, 1.82) is 0 Å². The van der Waals surface area contributed by atoms with Gasteiger partial charge in [-0.05, 0) is 46.3 Å². The highest BCUT2D eigenvalue weighted by molar-refractivity contribution is 9.10. The number of aromatic nitrogens is 4. The van der Waals surface area contributed by atoms with Gasteiger partial charge in [-0.25, -0.2) is 9.97 Å². The summed E-state index contributed by atoms with van der Waals surface area (Å²) in [5, 5.41) is 2.94. The molecule has 0 saturated heterocycles. The number of pyridine rings is 2. The van der Waals surface area contributed by atoms with Gasteiger partial charge in [-0.15, -0.1) is 0 Å². The molecule has 0 atom stereocenters. The molecular formula is C24H13BrN4O. The Morgan fingerprint density at radius 1 is 0.800 bits per heavy atom. The lowest BCUT2D eigenvalue weighted by molar-refractivity contribution is 0.653. The van der Waals surface area contributed by atoms with Crippen molar-refractivity contribution in [3.63, 3.8) is 0 Å². The Labute approximate surface area is 179 Å². The molecule has 0 bridgehead atoms. The summed E-state index contributed by atoms with van der Waals surface area (Å²) >= 11 is 3.40. The lowest BCUT2D eigenvalue weighted by Gasteiger charge is -2.07. The van der Waals surface area contributed by atoms with Gasteiger partial charge in [0.2, 0.25) is 5.71 Å². The van der Waals surface area contributed by atoms with Crippen LogP contribution in [0, 0.1) is 0 Å². The van der Waals surface area contributed by atoms with Gasteiger partial charge in [0.05, 0.1) is 16.6 Å². The van der Waals surface area contributed by atoms with E-state index in [0.29, 0.717) is 11.5 Å². The summed E-state index contributed by atoms with van der Waals surface area (Å²) in [4.78, 5) is 18.6. The Morgan fingerprint density at radius 3 is 2.60 bits per heavy atom. The third-order valence-corrected chi connectivity index (χ3v) is 5.57. The molecule has 0 spiro atoms. The first kappa shape index (κ1) is 17.2. The summed E-state index contributed by atoms with van der Waals surface area (Å²) in [5.41, 5.74) is 4.81. The second-order valence-corrected chi connectivity index (χ2v) is 7.77. The van der Waals surface area contributed by atoms with Gasteiger partial charge in [0, 0.05) is 34.3 Å². The summed E-state index contributed by atoms with van der Waals surface area (Å²) in [6.07, 6.45) is 3.59. The van der Waals surface area contributed by atoms with E-state index in [0.717, 1.165) is 48.7 Å². The first-order chi connectivity index (χ1) is 14.8. The molecule has 0 N–H and O–H groups in total. The monoisotopic (exact) mass is 452 g/mol. The molecule has 5 nitrogen and oxygen atoms in total. The van der Waals surface area contributed by atoms with Crippen LogP contribution in [0.15, 0.2) is 88.1 Å². The summed E-state index contributed by atoms with van der Waals surface area (Å²) < 4.78 is 6.86. The largest absolute Gasteiger partial charge is 0.438 e. The standard InChI is InChI=1S/C24H13BrN4O/c25-20-10-9-16(13-27-20)22-21-17-5-1-2-6-19(17)30-24(21)29-23(28-22)15-8-7-14-4-3-11-26-18(14)12-15/h1-13H. The average molecular weight is 453 g/mol. The molecule has 6 heteroatoms. The van der Waals surface area contributed by atoms with Crippen LogP contribution in [0.2, 0.25) is 0 Å². The van der Waals surface area contributed by atoms with Crippen LogP contribution >= 0.6 is 15.9 Å². The van der Waals surface area contributed by atoms with Crippen molar-refractivity contribution in [1.82, 2.24) is 19.9 Å². The Hall–Kier alpha value is -3.64. The Morgan fingerprint density at radius 2 is 1.70 bits per heavy atom. The second kappa shape index (κ2) is 6.71. The zero-order chi connectivity index (χ0) is 20.1. The number of hydrogen-bond acceptors (Lipinski definition) is 5. The van der Waals surface area contributed by atoms with E-state index in [-0.39, 0.29) is 0 Å². The van der Waals surface area contributed by atoms with E-state index >= 15 is 0 Å². The summed E-state index contributed by atoms with van der Waals surface area (Å²) in [5.74, 6) is 0.590. The van der Waals surface area contributed by atoms with Gasteiger partial charge in [-0.2, -0.15) is 4.98 Å². The number of para-hydroxylation sites is 1. The van der Waals surface area contributed by atoms with Crippen LogP contribution in [0.1, 0.15) is 0 Å². The number of hydrogen-bond donors (Lipinski definition) is 0. The van der Waals surface area contributed by atoms with Gasteiger partial charge in [0.1, 0.15) is 10.2 Å². The fourth-order valence-electron chi connectivity index (χ4n) is 3.68. The van der Waals surface area contributed by atoms with E-state index in [9.17, 15) is 0 Å². The molecular weight excluding hydrogens is 440 g/mol. The van der Waals surface area contributed by atoms with Crippen LogP contribution in [0.4, 0.5) is 0 Å². The molecule has 0 aliphatic carbocycles. The molecule has 4 heterocycles. The number of furan rings is 1. The maximum absolute atomic E-state index is 6.09. The molecule has 0 saturated carbocycles. The van der Waals surface area contributed by atoms with E-state index in [1.54, 1.807) is 12.4 Å². The second-order valence-electron chi connectivity index (χ2n) is 6.95. The van der Waals surface area contributed by atoms with Crippen LogP contribution in [0.5, 0.6) is 0 Å². The van der Waals surface area contributed by atoms with Crippen molar-refractivity contribution < 1.29 is 4.42 Å². The smallest absolute Gasteiger partial charge is 0.231 e. The third-order valence-electron chi connectivity index (χ3n) is 5.10. The van der Waals surface area contributed by atoms with E-state index in [2.05, 4.69) is 25.9 Å². The van der Waals surface area contributed by atoms with E-state index in [4.69, 9.17) is 14.4 Å². The molecule has 30 heavy (non-hydrogen) atoms. The Kier molecular flexibility index (Phi) is 3.86. The van der Waals surface area contributed by atoms with Crippen LogP contribution in [-0.2, 0) is 0 Å². The minimum Gasteiger partial charge on any atom is -0.438 e. The molecule has 6 rings (SSSR count). The molecule has 0 fully saturated rings. The van der Waals surface area contributed by atoms with E-state index in [1.165, 1.54) is 0 Å². The van der Waals surface area contributed by atoms with Crippen molar-refractivity contribution in [2.45, 2.75) is 0 Å². The minimum absolute atomic E-state index is 0.556. The average Bonchev–Trinajstić information content (AvgIpc) is 3.17. The van der Waals surface area contributed by atoms with Gasteiger partial charge in [-0.1, -0.05) is 36.4 Å². The van der Waals surface area contributed by atoms with E-state index < -0.39 is 0 Å². The molecule has 0 aliphatic rings. The third kappa shape index (κ3) is 2.76. The lowest BCUT2D eigenvalue weighted by Crippen LogP contribution is -1.94. The lowest BCUT2D eigenvalue weighted by atomic mass is 10.1. The fraction of sp³-hybridized carbons (Fsp3) is 0. The van der Waals surface area contributed by atoms with Gasteiger partial charge >= 0.3 is 0 Å². The zero-order valence-electron chi connectivity index (χ0n) is 15.6. The van der Waals surface area contributed by atoms with Gasteiger partial charge in [0.25, 0.3) is 0 Å². The highest BCUT2D eigenvalue weighted by atomic mass is 79.9. The quantitative estimate of drug-likeness (QED) is 0.283. The number of nitrogens with zero attached hydrogens (tertiary/aromatic N) is 4. The summed E-state index contributed by atoms with van der Waals surface area (Å²) in [7, 11) is 0. The van der Waals surface area contributed by atoms with Crippen LogP contribution in [0.25, 0.3) is 55.6 Å². The zero-order valence-corrected chi connectivity index (χ0v) is 17.2. The fourth-order valence-corrected chi connectivity index (χ4v) is 3.92. The molecule has 142 valence electrons. The van der Waals surface area contributed by atoms with Gasteiger partial charge in [0.15, 0.2) is 5.82 Å². The first-order valence-corrected chi connectivity index (χ1v) is 10.2. The van der Waals surface area contributed by atoms with Gasteiger partial charge < -0.3 is 4.42 Å². The van der Waals surface area contributed by atoms with Gasteiger partial charge in [-0.3, -0.25) is 4.98 Å². The Bertz CT molecular complexity index is 1560. The minimum atomic E-state index is 0.556. The first-order valence-electron chi connectivity index (χ1n) is 9.43. The molecule has 0 aliphatic heterocycles. The summed E-state index contributed by atoms with van der Waals surface area (Å²) in [6.45, 7) is 0. The topological polar surface area (TPSA) is 64.7 Å². The molecule has 2 aromatic carbocycles. The number of rotatable bonds is 2. The molecule has 4 aromatic heterocycles. The molecule has 6 aromatic rings. The van der Waals surface area contributed by atoms with Crippen molar-refractivity contribution >= 4 is 48.9 Å².